The van der Waals surface area contributed by atoms with Crippen molar-refractivity contribution < 1.29 is 5.11 Å². The molecule has 2 N–H and O–H groups in total. The van der Waals surface area contributed by atoms with Gasteiger partial charge in [0.25, 0.3) is 0 Å². The van der Waals surface area contributed by atoms with Gasteiger partial charge in [-0.2, -0.15) is 0 Å². The Bertz CT molecular complexity index is 304. The predicted molar refractivity (Wildman–Crippen MR) is 56.2 cm³/mol. The second-order valence-electron chi connectivity index (χ2n) is 4.23. The number of anilines is 1. The van der Waals surface area contributed by atoms with Crippen LogP contribution in [-0.2, 0) is 0 Å². The quantitative estimate of drug-likeness (QED) is 0.761. The first-order valence-electron chi connectivity index (χ1n) is 5.02. The number of nitrogens with one attached hydrogen (secondary N) is 1. The zero-order valence-electron chi connectivity index (χ0n) is 8.45. The van der Waals surface area contributed by atoms with Crippen LogP contribution in [0.5, 0.6) is 0 Å². The van der Waals surface area contributed by atoms with E-state index in [1.165, 1.54) is 5.56 Å². The highest BCUT2D eigenvalue weighted by Gasteiger charge is 2.41. The fourth-order valence-electron chi connectivity index (χ4n) is 1.42. The number of rotatable bonds is 4. The normalized spacial score (nSPS) is 17.9. The van der Waals surface area contributed by atoms with E-state index in [-0.39, 0.29) is 12.0 Å². The fourth-order valence-corrected chi connectivity index (χ4v) is 1.42. The van der Waals surface area contributed by atoms with Gasteiger partial charge in [-0.25, -0.2) is 4.98 Å². The molecule has 0 saturated heterocycles. The summed E-state index contributed by atoms with van der Waals surface area (Å²) in [5.41, 5.74) is 1.31. The maximum Gasteiger partial charge on any atom is 0.125 e. The largest absolute Gasteiger partial charge is 0.396 e. The van der Waals surface area contributed by atoms with Crippen LogP contribution in [0.3, 0.4) is 0 Å². The van der Waals surface area contributed by atoms with Crippen LogP contribution in [0.1, 0.15) is 18.4 Å². The molecule has 0 atom stereocenters. The highest BCUT2D eigenvalue weighted by atomic mass is 16.3. The topological polar surface area (TPSA) is 45.1 Å². The molecule has 0 aliphatic heterocycles. The molecule has 0 spiro atoms. The Labute approximate surface area is 84.2 Å². The Kier molecular flexibility index (Phi) is 2.42. The zero-order chi connectivity index (χ0) is 10.0. The second kappa shape index (κ2) is 3.58. The molecule has 76 valence electrons. The molecular weight excluding hydrogens is 176 g/mol. The van der Waals surface area contributed by atoms with Gasteiger partial charge in [0.1, 0.15) is 5.82 Å². The molecule has 1 heterocycles. The van der Waals surface area contributed by atoms with Crippen molar-refractivity contribution in [2.24, 2.45) is 5.41 Å². The van der Waals surface area contributed by atoms with Gasteiger partial charge in [0.15, 0.2) is 0 Å². The van der Waals surface area contributed by atoms with Crippen LogP contribution >= 0.6 is 0 Å². The average molecular weight is 192 g/mol. The summed E-state index contributed by atoms with van der Waals surface area (Å²) in [5.74, 6) is 0.898. The predicted octanol–water partition coefficient (Wildman–Crippen LogP) is 1.57. The van der Waals surface area contributed by atoms with Crippen LogP contribution in [0.2, 0.25) is 0 Å². The maximum absolute atomic E-state index is 9.12. The summed E-state index contributed by atoms with van der Waals surface area (Å²) in [6, 6.07) is 4.01. The minimum Gasteiger partial charge on any atom is -0.396 e. The lowest BCUT2D eigenvalue weighted by Gasteiger charge is -2.12. The van der Waals surface area contributed by atoms with E-state index in [2.05, 4.69) is 10.3 Å². The lowest BCUT2D eigenvalue weighted by Crippen LogP contribution is -2.19. The molecule has 1 aliphatic rings. The molecule has 0 unspecified atom stereocenters. The Morgan fingerprint density at radius 2 is 2.29 bits per heavy atom. The molecule has 2 rings (SSSR count). The third-order valence-corrected chi connectivity index (χ3v) is 2.85. The number of pyridine rings is 1. The Hall–Kier alpha value is -1.09. The monoisotopic (exact) mass is 192 g/mol. The third-order valence-electron chi connectivity index (χ3n) is 2.85. The molecule has 0 bridgehead atoms. The molecule has 1 fully saturated rings. The first-order valence-corrected chi connectivity index (χ1v) is 5.02. The molecule has 1 aromatic rings. The lowest BCUT2D eigenvalue weighted by atomic mass is 10.1. The number of aliphatic hydroxyl groups excluding tert-OH is 1. The van der Waals surface area contributed by atoms with Crippen LogP contribution in [-0.4, -0.2) is 23.2 Å². The van der Waals surface area contributed by atoms with E-state index in [0.29, 0.717) is 0 Å². The summed E-state index contributed by atoms with van der Waals surface area (Å²) in [6.45, 7) is 3.14. The summed E-state index contributed by atoms with van der Waals surface area (Å²) in [6.07, 6.45) is 4.10. The highest BCUT2D eigenvalue weighted by molar-refractivity contribution is 5.35. The van der Waals surface area contributed by atoms with Gasteiger partial charge in [0.05, 0.1) is 6.61 Å². The van der Waals surface area contributed by atoms with Gasteiger partial charge >= 0.3 is 0 Å². The molecule has 14 heavy (non-hydrogen) atoms. The number of hydrogen-bond donors (Lipinski definition) is 2. The standard InChI is InChI=1S/C11H16N2O/c1-9-2-3-10(12-6-9)13-7-11(8-14)4-5-11/h2-3,6,14H,4-5,7-8H2,1H3,(H,12,13). The number of aliphatic hydroxyl groups is 1. The van der Waals surface area contributed by atoms with Gasteiger partial charge < -0.3 is 10.4 Å². The van der Waals surface area contributed by atoms with Crippen molar-refractivity contribution in [2.75, 3.05) is 18.5 Å². The summed E-state index contributed by atoms with van der Waals surface area (Å²) in [4.78, 5) is 4.25. The van der Waals surface area contributed by atoms with Crippen LogP contribution in [0, 0.1) is 12.3 Å². The van der Waals surface area contributed by atoms with E-state index >= 15 is 0 Å². The Balaban J connectivity index is 1.89. The molecule has 3 heteroatoms. The van der Waals surface area contributed by atoms with Crippen molar-refractivity contribution >= 4 is 5.82 Å². The molecule has 1 saturated carbocycles. The second-order valence-corrected chi connectivity index (χ2v) is 4.23. The SMILES string of the molecule is Cc1ccc(NCC2(CO)CC2)nc1. The minimum absolute atomic E-state index is 0.145. The number of hydrogen-bond acceptors (Lipinski definition) is 3. The first kappa shape index (κ1) is 9.46. The summed E-state index contributed by atoms with van der Waals surface area (Å²) in [7, 11) is 0. The molecule has 1 aliphatic carbocycles. The van der Waals surface area contributed by atoms with Gasteiger partial charge in [-0.15, -0.1) is 0 Å². The Morgan fingerprint density at radius 3 is 2.79 bits per heavy atom. The van der Waals surface area contributed by atoms with Crippen molar-refractivity contribution in [1.29, 1.82) is 0 Å². The first-order chi connectivity index (χ1) is 6.74. The van der Waals surface area contributed by atoms with Crippen molar-refractivity contribution in [3.05, 3.63) is 23.9 Å². The summed E-state index contributed by atoms with van der Waals surface area (Å²) in [5, 5.41) is 12.4. The van der Waals surface area contributed by atoms with E-state index in [4.69, 9.17) is 5.11 Å². The smallest absolute Gasteiger partial charge is 0.125 e. The van der Waals surface area contributed by atoms with Crippen molar-refractivity contribution in [3.63, 3.8) is 0 Å². The fraction of sp³-hybridized carbons (Fsp3) is 0.545. The zero-order valence-corrected chi connectivity index (χ0v) is 8.45. The third kappa shape index (κ3) is 2.04. The van der Waals surface area contributed by atoms with Crippen LogP contribution in [0.4, 0.5) is 5.82 Å². The van der Waals surface area contributed by atoms with E-state index < -0.39 is 0 Å². The number of nitrogens with zero attached hydrogens (tertiary/aromatic N) is 1. The maximum atomic E-state index is 9.12. The molecule has 0 radical (unpaired) electrons. The van der Waals surface area contributed by atoms with E-state index in [0.717, 1.165) is 25.2 Å². The van der Waals surface area contributed by atoms with E-state index in [9.17, 15) is 0 Å². The van der Waals surface area contributed by atoms with E-state index in [1.54, 1.807) is 0 Å². The minimum atomic E-state index is 0.145. The Morgan fingerprint density at radius 1 is 1.50 bits per heavy atom. The van der Waals surface area contributed by atoms with Crippen molar-refractivity contribution in [1.82, 2.24) is 4.98 Å². The average Bonchev–Trinajstić information content (AvgIpc) is 2.98. The molecular formula is C11H16N2O. The van der Waals surface area contributed by atoms with Gasteiger partial charge in [-0.1, -0.05) is 6.07 Å². The summed E-state index contributed by atoms with van der Waals surface area (Å²) < 4.78 is 0. The highest BCUT2D eigenvalue weighted by Crippen LogP contribution is 2.44. The molecule has 0 aromatic carbocycles. The van der Waals surface area contributed by atoms with Crippen LogP contribution in [0.15, 0.2) is 18.3 Å². The molecule has 1 aromatic heterocycles. The van der Waals surface area contributed by atoms with Crippen molar-refractivity contribution in [3.8, 4) is 0 Å². The molecule has 0 amide bonds. The van der Waals surface area contributed by atoms with Gasteiger partial charge in [-0.3, -0.25) is 0 Å². The number of aromatic nitrogens is 1. The number of aryl methyl sites for hydroxylation is 1. The summed E-state index contributed by atoms with van der Waals surface area (Å²) >= 11 is 0. The molecule has 3 nitrogen and oxygen atoms in total. The van der Waals surface area contributed by atoms with Crippen LogP contribution < -0.4 is 5.32 Å². The van der Waals surface area contributed by atoms with Crippen LogP contribution in [0.25, 0.3) is 0 Å². The van der Waals surface area contributed by atoms with Gasteiger partial charge in [0, 0.05) is 18.2 Å². The van der Waals surface area contributed by atoms with Gasteiger partial charge in [0.2, 0.25) is 0 Å². The van der Waals surface area contributed by atoms with Gasteiger partial charge in [-0.05, 0) is 31.4 Å². The van der Waals surface area contributed by atoms with Crippen molar-refractivity contribution in [2.45, 2.75) is 19.8 Å². The van der Waals surface area contributed by atoms with E-state index in [1.807, 2.05) is 25.3 Å². The lowest BCUT2D eigenvalue weighted by molar-refractivity contribution is 0.219.